The Morgan fingerprint density at radius 3 is 2.78 bits per heavy atom. The summed E-state index contributed by atoms with van der Waals surface area (Å²) in [7, 11) is -3.40. The normalized spacial score (nSPS) is 21.4. The molecule has 1 atom stereocenters. The first-order valence-electron chi connectivity index (χ1n) is 5.93. The number of benzene rings is 1. The maximum absolute atomic E-state index is 12.7. The summed E-state index contributed by atoms with van der Waals surface area (Å²) in [5.41, 5.74) is 0. The minimum Gasteiger partial charge on any atom is -0.207 e. The molecule has 1 aliphatic rings. The van der Waals surface area contributed by atoms with Gasteiger partial charge in [0.15, 0.2) is 0 Å². The lowest BCUT2D eigenvalue weighted by molar-refractivity contribution is 0.379. The molecule has 2 rings (SSSR count). The second-order valence-corrected chi connectivity index (χ2v) is 8.02. The van der Waals surface area contributed by atoms with Crippen LogP contribution in [0.1, 0.15) is 26.2 Å². The smallest absolute Gasteiger partial charge is 0.207 e. The highest BCUT2D eigenvalue weighted by Gasteiger charge is 2.35. The summed E-state index contributed by atoms with van der Waals surface area (Å²) in [5, 5.41) is 0. The van der Waals surface area contributed by atoms with E-state index in [1.807, 2.05) is 13.0 Å². The average Bonchev–Trinajstić information content (AvgIpc) is 2.81. The molecule has 0 bridgehead atoms. The van der Waals surface area contributed by atoms with Crippen LogP contribution in [0.3, 0.4) is 0 Å². The molecule has 0 aliphatic carbocycles. The van der Waals surface area contributed by atoms with Crippen molar-refractivity contribution >= 4 is 41.9 Å². The summed E-state index contributed by atoms with van der Waals surface area (Å²) in [6.45, 7) is 2.66. The van der Waals surface area contributed by atoms with E-state index in [2.05, 4.69) is 31.9 Å². The Hall–Kier alpha value is 0.0900. The standard InChI is InChI=1S/C12H15Br2NO2S/c1-2-10-4-3-7-15(10)18(16,17)12-8-9(13)5-6-11(12)14/h5-6,8,10H,2-4,7H2,1H3. The monoisotopic (exact) mass is 395 g/mol. The molecule has 0 aromatic heterocycles. The van der Waals surface area contributed by atoms with Gasteiger partial charge in [0.05, 0.1) is 4.90 Å². The molecule has 0 radical (unpaired) electrons. The van der Waals surface area contributed by atoms with Crippen molar-refractivity contribution in [2.24, 2.45) is 0 Å². The number of nitrogens with zero attached hydrogens (tertiary/aromatic N) is 1. The molecule has 0 amide bonds. The van der Waals surface area contributed by atoms with E-state index >= 15 is 0 Å². The van der Waals surface area contributed by atoms with Crippen molar-refractivity contribution in [2.45, 2.75) is 37.1 Å². The fourth-order valence-corrected chi connectivity index (χ4v) is 5.57. The molecule has 18 heavy (non-hydrogen) atoms. The largest absolute Gasteiger partial charge is 0.244 e. The van der Waals surface area contributed by atoms with Crippen LogP contribution >= 0.6 is 31.9 Å². The number of rotatable bonds is 3. The number of hydrogen-bond acceptors (Lipinski definition) is 2. The molecule has 0 saturated carbocycles. The second kappa shape index (κ2) is 5.61. The summed E-state index contributed by atoms with van der Waals surface area (Å²) in [4.78, 5) is 0.345. The Morgan fingerprint density at radius 1 is 1.39 bits per heavy atom. The fraction of sp³-hybridized carbons (Fsp3) is 0.500. The van der Waals surface area contributed by atoms with Crippen LogP contribution in [0.5, 0.6) is 0 Å². The number of hydrogen-bond donors (Lipinski definition) is 0. The van der Waals surface area contributed by atoms with Gasteiger partial charge in [-0.3, -0.25) is 0 Å². The minimum atomic E-state index is -3.40. The van der Waals surface area contributed by atoms with Gasteiger partial charge in [-0.05, 0) is 53.4 Å². The van der Waals surface area contributed by atoms with Crippen molar-refractivity contribution in [3.63, 3.8) is 0 Å². The van der Waals surface area contributed by atoms with Crippen molar-refractivity contribution in [1.29, 1.82) is 0 Å². The highest BCUT2D eigenvalue weighted by Crippen LogP contribution is 2.32. The van der Waals surface area contributed by atoms with Gasteiger partial charge in [-0.2, -0.15) is 4.31 Å². The minimum absolute atomic E-state index is 0.140. The van der Waals surface area contributed by atoms with E-state index in [1.54, 1.807) is 16.4 Å². The van der Waals surface area contributed by atoms with E-state index in [4.69, 9.17) is 0 Å². The molecule has 100 valence electrons. The van der Waals surface area contributed by atoms with Gasteiger partial charge in [0.25, 0.3) is 0 Å². The Kier molecular flexibility index (Phi) is 4.52. The van der Waals surface area contributed by atoms with Gasteiger partial charge in [0.2, 0.25) is 10.0 Å². The van der Waals surface area contributed by atoms with Crippen molar-refractivity contribution in [1.82, 2.24) is 4.31 Å². The molecule has 3 nitrogen and oxygen atoms in total. The zero-order chi connectivity index (χ0) is 13.3. The van der Waals surface area contributed by atoms with Crippen LogP contribution in [0, 0.1) is 0 Å². The summed E-state index contributed by atoms with van der Waals surface area (Å²) < 4.78 is 28.3. The number of halogens is 2. The van der Waals surface area contributed by atoms with Gasteiger partial charge in [-0.1, -0.05) is 22.9 Å². The molecule has 1 unspecified atom stereocenters. The molecular weight excluding hydrogens is 382 g/mol. The molecule has 1 aromatic carbocycles. The molecule has 1 aromatic rings. The molecule has 1 fully saturated rings. The Bertz CT molecular complexity index is 545. The van der Waals surface area contributed by atoms with E-state index in [0.717, 1.165) is 23.7 Å². The zero-order valence-corrected chi connectivity index (χ0v) is 14.1. The van der Waals surface area contributed by atoms with Gasteiger partial charge in [0, 0.05) is 21.5 Å². The Labute approximate surface area is 125 Å². The first-order chi connectivity index (χ1) is 8.46. The highest BCUT2D eigenvalue weighted by atomic mass is 79.9. The summed E-state index contributed by atoms with van der Waals surface area (Å²) in [5.74, 6) is 0. The summed E-state index contributed by atoms with van der Waals surface area (Å²) >= 11 is 6.65. The van der Waals surface area contributed by atoms with Gasteiger partial charge >= 0.3 is 0 Å². The molecule has 0 spiro atoms. The van der Waals surface area contributed by atoms with Crippen LogP contribution in [-0.2, 0) is 10.0 Å². The topological polar surface area (TPSA) is 37.4 Å². The molecule has 0 N–H and O–H groups in total. The van der Waals surface area contributed by atoms with Crippen LogP contribution in [0.25, 0.3) is 0 Å². The summed E-state index contributed by atoms with van der Waals surface area (Å²) in [6.07, 6.45) is 2.77. The van der Waals surface area contributed by atoms with E-state index in [9.17, 15) is 8.42 Å². The molecule has 1 aliphatic heterocycles. The van der Waals surface area contributed by atoms with E-state index in [0.29, 0.717) is 15.9 Å². The van der Waals surface area contributed by atoms with Crippen molar-refractivity contribution in [3.8, 4) is 0 Å². The predicted molar refractivity (Wildman–Crippen MR) is 79.0 cm³/mol. The lowest BCUT2D eigenvalue weighted by Gasteiger charge is -2.23. The zero-order valence-electron chi connectivity index (χ0n) is 10.1. The Balaban J connectivity index is 2.45. The fourth-order valence-electron chi connectivity index (χ4n) is 2.33. The summed E-state index contributed by atoms with van der Waals surface area (Å²) in [6, 6.07) is 5.38. The SMILES string of the molecule is CCC1CCCN1S(=O)(=O)c1cc(Br)ccc1Br. The third-order valence-electron chi connectivity index (χ3n) is 3.27. The highest BCUT2D eigenvalue weighted by molar-refractivity contribution is 9.11. The molecule has 1 saturated heterocycles. The molecule has 6 heteroatoms. The van der Waals surface area contributed by atoms with Crippen molar-refractivity contribution in [2.75, 3.05) is 6.54 Å². The first kappa shape index (κ1) is 14.5. The lowest BCUT2D eigenvalue weighted by atomic mass is 10.2. The van der Waals surface area contributed by atoms with E-state index < -0.39 is 10.0 Å². The third kappa shape index (κ3) is 2.66. The van der Waals surface area contributed by atoms with E-state index in [-0.39, 0.29) is 6.04 Å². The predicted octanol–water partition coefficient (Wildman–Crippen LogP) is 3.77. The van der Waals surface area contributed by atoms with Gasteiger partial charge in [-0.15, -0.1) is 0 Å². The van der Waals surface area contributed by atoms with Crippen molar-refractivity contribution in [3.05, 3.63) is 27.1 Å². The van der Waals surface area contributed by atoms with Gasteiger partial charge in [-0.25, -0.2) is 8.42 Å². The average molecular weight is 397 g/mol. The molecular formula is C12H15Br2NO2S. The second-order valence-electron chi connectivity index (χ2n) is 4.39. The van der Waals surface area contributed by atoms with E-state index in [1.165, 1.54) is 0 Å². The Morgan fingerprint density at radius 2 is 2.11 bits per heavy atom. The van der Waals surface area contributed by atoms with Crippen LogP contribution in [0.4, 0.5) is 0 Å². The van der Waals surface area contributed by atoms with Gasteiger partial charge in [0.1, 0.15) is 0 Å². The first-order valence-corrected chi connectivity index (χ1v) is 8.96. The number of sulfonamides is 1. The van der Waals surface area contributed by atoms with Crippen LogP contribution < -0.4 is 0 Å². The van der Waals surface area contributed by atoms with Crippen LogP contribution in [-0.4, -0.2) is 25.3 Å². The van der Waals surface area contributed by atoms with Gasteiger partial charge < -0.3 is 0 Å². The quantitative estimate of drug-likeness (QED) is 0.779. The molecule has 1 heterocycles. The van der Waals surface area contributed by atoms with Crippen LogP contribution in [0.15, 0.2) is 32.0 Å². The lowest BCUT2D eigenvalue weighted by Crippen LogP contribution is -2.35. The maximum Gasteiger partial charge on any atom is 0.244 e. The maximum atomic E-state index is 12.7. The third-order valence-corrected chi connectivity index (χ3v) is 6.71. The van der Waals surface area contributed by atoms with Crippen molar-refractivity contribution < 1.29 is 8.42 Å². The van der Waals surface area contributed by atoms with Crippen LogP contribution in [0.2, 0.25) is 0 Å².